The third kappa shape index (κ3) is 2.01. The fourth-order valence-electron chi connectivity index (χ4n) is 3.56. The molecule has 6 rings (SSSR count). The molecule has 4 bridgehead atoms. The maximum atomic E-state index is 13.4. The average molecular weight is 372 g/mol. The number of aromatic amines is 1. The van der Waals surface area contributed by atoms with Crippen molar-refractivity contribution in [2.24, 2.45) is 17.7 Å². The first-order chi connectivity index (χ1) is 18.3. The van der Waals surface area contributed by atoms with Gasteiger partial charge in [0.1, 0.15) is 11.3 Å². The Hall–Kier alpha value is -1.85. The van der Waals surface area contributed by atoms with E-state index in [0.29, 0.717) is 9.13 Å². The summed E-state index contributed by atoms with van der Waals surface area (Å²) >= 11 is 0. The predicted molar refractivity (Wildman–Crippen MR) is 100 cm³/mol. The lowest BCUT2D eigenvalue weighted by atomic mass is 9.75. The third-order valence-corrected chi connectivity index (χ3v) is 4.65. The molecule has 0 amide bonds. The van der Waals surface area contributed by atoms with E-state index in [9.17, 15) is 11.0 Å². The molecular weight excluding hydrogens is 328 g/mol. The van der Waals surface area contributed by atoms with Crippen LogP contribution in [-0.2, 0) is 18.5 Å². The Balaban J connectivity index is 2.07. The van der Waals surface area contributed by atoms with Crippen LogP contribution in [-0.4, -0.2) is 19.1 Å². The highest BCUT2D eigenvalue weighted by Gasteiger charge is 2.59. The minimum absolute atomic E-state index is 0.187. The van der Waals surface area contributed by atoms with Crippen molar-refractivity contribution in [3.05, 3.63) is 26.7 Å². The lowest BCUT2D eigenvalue weighted by Gasteiger charge is -2.30. The number of rotatable bonds is 5. The van der Waals surface area contributed by atoms with Crippen LogP contribution in [0.4, 0.5) is 0 Å². The lowest BCUT2D eigenvalue weighted by Crippen LogP contribution is -2.40. The number of aryl methyl sites for hydroxylation is 1. The van der Waals surface area contributed by atoms with Gasteiger partial charge in [-0.1, -0.05) is 13.8 Å². The first-order valence-corrected chi connectivity index (χ1v) is 8.56. The third-order valence-electron chi connectivity index (χ3n) is 4.65. The zero-order valence-corrected chi connectivity index (χ0v) is 14.3. The summed E-state index contributed by atoms with van der Waals surface area (Å²) in [7, 11) is 0. The standard InChI is InChI=1S/C20H28N4O2/c1-3-5-23-16-15(17(25)24(6-4-2)19(23)26)21-18(22-16)20-10-12-7-13(11-20)9-14(20)8-12/h12-14H,3-11H2,1-2H3,(H,21,22)/i5D2,7D2,8D2,9D2,10D2,11D2,12D,13D,14D. The van der Waals surface area contributed by atoms with E-state index >= 15 is 0 Å². The van der Waals surface area contributed by atoms with E-state index in [1.807, 2.05) is 0 Å². The lowest BCUT2D eigenvalue weighted by molar-refractivity contribution is 0.262. The molecule has 0 radical (unpaired) electrons. The van der Waals surface area contributed by atoms with Gasteiger partial charge in [-0.15, -0.1) is 0 Å². The van der Waals surface area contributed by atoms with Crippen molar-refractivity contribution in [2.75, 3.05) is 0 Å². The van der Waals surface area contributed by atoms with Gasteiger partial charge in [-0.25, -0.2) is 9.78 Å². The minimum Gasteiger partial charge on any atom is -0.336 e. The van der Waals surface area contributed by atoms with E-state index in [2.05, 4.69) is 9.97 Å². The number of fused-ring (bicyclic) bond motifs is 1. The van der Waals surface area contributed by atoms with Crippen molar-refractivity contribution in [1.82, 2.24) is 19.1 Å². The fourth-order valence-corrected chi connectivity index (χ4v) is 3.56. The molecule has 2 atom stereocenters. The van der Waals surface area contributed by atoms with Gasteiger partial charge in [-0.2, -0.15) is 0 Å². The molecule has 4 aliphatic carbocycles. The molecule has 0 spiro atoms. The van der Waals surface area contributed by atoms with Crippen LogP contribution >= 0.6 is 0 Å². The van der Waals surface area contributed by atoms with Crippen LogP contribution in [0.25, 0.3) is 11.2 Å². The maximum absolute atomic E-state index is 13.4. The number of hydrogen-bond donors (Lipinski definition) is 1. The zero-order chi connectivity index (χ0) is 31.6. The highest BCUT2D eigenvalue weighted by atomic mass is 16.2. The molecule has 6 heteroatoms. The van der Waals surface area contributed by atoms with Crippen LogP contribution in [0, 0.1) is 17.7 Å². The van der Waals surface area contributed by atoms with Gasteiger partial charge in [-0.3, -0.25) is 13.9 Å². The summed E-state index contributed by atoms with van der Waals surface area (Å²) < 4.78 is 133. The topological polar surface area (TPSA) is 72.7 Å². The van der Waals surface area contributed by atoms with E-state index in [1.54, 1.807) is 6.92 Å². The fraction of sp³-hybridized carbons (Fsp3) is 0.750. The molecule has 140 valence electrons. The van der Waals surface area contributed by atoms with Crippen molar-refractivity contribution >= 4 is 11.2 Å². The molecule has 0 aromatic carbocycles. The van der Waals surface area contributed by atoms with Crippen molar-refractivity contribution < 1.29 is 20.6 Å². The molecule has 2 heterocycles. The summed E-state index contributed by atoms with van der Waals surface area (Å²) in [6.07, 6.45) is -19.2. The van der Waals surface area contributed by atoms with Crippen molar-refractivity contribution in [3.8, 4) is 0 Å². The Bertz CT molecular complexity index is 1580. The van der Waals surface area contributed by atoms with Crippen LogP contribution in [0.3, 0.4) is 0 Å². The molecule has 2 aromatic heterocycles. The molecule has 26 heavy (non-hydrogen) atoms. The normalized spacial score (nSPS) is 59.4. The Labute approximate surface area is 173 Å². The Kier molecular flexibility index (Phi) is 1.49. The second-order valence-electron chi connectivity index (χ2n) is 6.37. The average Bonchev–Trinajstić information content (AvgIpc) is 3.32. The zero-order valence-electron chi connectivity index (χ0n) is 29.3. The summed E-state index contributed by atoms with van der Waals surface area (Å²) in [5.74, 6) is -12.3. The molecule has 0 saturated heterocycles. The first kappa shape index (κ1) is 6.95. The van der Waals surface area contributed by atoms with Gasteiger partial charge in [0.2, 0.25) is 0 Å². The molecule has 4 fully saturated rings. The summed E-state index contributed by atoms with van der Waals surface area (Å²) in [5, 5.41) is 0. The number of hydrogen-bond acceptors (Lipinski definition) is 3. The molecule has 2 aromatic rings. The van der Waals surface area contributed by atoms with Crippen molar-refractivity contribution in [3.63, 3.8) is 0 Å². The Morgan fingerprint density at radius 2 is 1.96 bits per heavy atom. The van der Waals surface area contributed by atoms with Gasteiger partial charge in [0.25, 0.3) is 5.56 Å². The second-order valence-corrected chi connectivity index (χ2v) is 6.37. The van der Waals surface area contributed by atoms with E-state index in [1.165, 1.54) is 6.92 Å². The summed E-state index contributed by atoms with van der Waals surface area (Å²) in [5.41, 5.74) is -7.19. The summed E-state index contributed by atoms with van der Waals surface area (Å²) in [6.45, 7) is 0.312. The van der Waals surface area contributed by atoms with Crippen LogP contribution in [0.1, 0.15) is 84.9 Å². The number of nitrogens with zero attached hydrogens (tertiary/aromatic N) is 3. The van der Waals surface area contributed by atoms with Gasteiger partial charge in [0, 0.05) is 39.0 Å². The second kappa shape index (κ2) is 5.57. The van der Waals surface area contributed by atoms with E-state index in [0.717, 1.165) is 0 Å². The van der Waals surface area contributed by atoms with Crippen molar-refractivity contribution in [2.45, 2.75) is 77.0 Å². The Morgan fingerprint density at radius 1 is 1.23 bits per heavy atom. The highest BCUT2D eigenvalue weighted by molar-refractivity contribution is 5.70. The number of aromatic nitrogens is 4. The minimum atomic E-state index is -3.85. The van der Waals surface area contributed by atoms with Gasteiger partial charge < -0.3 is 4.98 Å². The van der Waals surface area contributed by atoms with E-state index < -0.39 is 89.7 Å². The summed E-state index contributed by atoms with van der Waals surface area (Å²) in [4.78, 5) is 33.1. The highest BCUT2D eigenvalue weighted by Crippen LogP contribution is 2.65. The molecule has 2 unspecified atom stereocenters. The van der Waals surface area contributed by atoms with Crippen LogP contribution in [0.15, 0.2) is 9.59 Å². The van der Waals surface area contributed by atoms with Gasteiger partial charge in [0.15, 0.2) is 5.65 Å². The monoisotopic (exact) mass is 371 g/mol. The van der Waals surface area contributed by atoms with Gasteiger partial charge in [-0.05, 0) is 62.4 Å². The van der Waals surface area contributed by atoms with Gasteiger partial charge in [0.05, 0.1) is 0 Å². The van der Waals surface area contributed by atoms with Gasteiger partial charge >= 0.3 is 5.69 Å². The largest absolute Gasteiger partial charge is 0.336 e. The molecule has 4 aliphatic rings. The maximum Gasteiger partial charge on any atom is 0.332 e. The molecule has 1 N–H and O–H groups in total. The SMILES string of the molecule is [2H]C([2H])(CC)n1c(=O)n(CCC)c(=O)c2[nH]c(C34C([2H])([2H])C5([2H])C([2H])([2H])C([2H])(C([2H])([2H])C3([2H])C5([2H])[2H])C4([2H])[2H])nc21. The van der Waals surface area contributed by atoms with E-state index in [4.69, 9.17) is 19.2 Å². The molecular formula is C20H28N4O2. The summed E-state index contributed by atoms with van der Waals surface area (Å²) in [6, 6.07) is 0. The number of H-pyrrole nitrogens is 1. The Morgan fingerprint density at radius 3 is 2.62 bits per heavy atom. The molecule has 6 nitrogen and oxygen atoms in total. The predicted octanol–water partition coefficient (Wildman–Crippen LogP) is 2.78. The molecule has 4 saturated carbocycles. The quantitative estimate of drug-likeness (QED) is 0.878. The van der Waals surface area contributed by atoms with Crippen LogP contribution < -0.4 is 11.2 Å². The van der Waals surface area contributed by atoms with E-state index in [-0.39, 0.29) is 19.4 Å². The van der Waals surface area contributed by atoms with Crippen LogP contribution in [0.2, 0.25) is 0 Å². The van der Waals surface area contributed by atoms with Crippen LogP contribution in [0.5, 0.6) is 0 Å². The first-order valence-electron chi connectivity index (χ1n) is 16.1. The number of imidazole rings is 1. The van der Waals surface area contributed by atoms with Crippen molar-refractivity contribution in [1.29, 1.82) is 0 Å². The molecule has 0 aliphatic heterocycles. The smallest absolute Gasteiger partial charge is 0.332 e. The number of nitrogens with one attached hydrogen (secondary N) is 1.